The van der Waals surface area contributed by atoms with Gasteiger partial charge in [0.2, 0.25) is 0 Å². The zero-order valence-electron chi connectivity index (χ0n) is 7.16. The molecular formula is C8H14O2S2. The standard InChI is InChI=1S/C5H8O2.C3H6S2/c1-2-3-4-5(6)7;1-2-4-5-3-1/h2-3H,4H2,1H3,(H,6,7);1-3H2. The Morgan fingerprint density at radius 1 is 1.50 bits per heavy atom. The van der Waals surface area contributed by atoms with Gasteiger partial charge in [0.1, 0.15) is 0 Å². The summed E-state index contributed by atoms with van der Waals surface area (Å²) in [6.07, 6.45) is 4.88. The first-order valence-corrected chi connectivity index (χ1v) is 6.33. The zero-order valence-corrected chi connectivity index (χ0v) is 8.79. The SMILES string of the molecule is C1CSSC1.CC=CCC(=O)O. The van der Waals surface area contributed by atoms with Crippen LogP contribution in [0.25, 0.3) is 0 Å². The van der Waals surface area contributed by atoms with Gasteiger partial charge >= 0.3 is 5.97 Å². The molecule has 0 aromatic heterocycles. The highest BCUT2D eigenvalue weighted by Gasteiger charge is 1.96. The lowest BCUT2D eigenvalue weighted by Crippen LogP contribution is -1.88. The number of rotatable bonds is 2. The molecule has 1 aliphatic heterocycles. The van der Waals surface area contributed by atoms with Crippen LogP contribution in [0.5, 0.6) is 0 Å². The van der Waals surface area contributed by atoms with Gasteiger partial charge in [0.15, 0.2) is 0 Å². The van der Waals surface area contributed by atoms with Crippen molar-refractivity contribution in [3.8, 4) is 0 Å². The van der Waals surface area contributed by atoms with E-state index in [1.807, 2.05) is 21.6 Å². The predicted molar refractivity (Wildman–Crippen MR) is 56.6 cm³/mol. The van der Waals surface area contributed by atoms with Gasteiger partial charge in [-0.2, -0.15) is 0 Å². The van der Waals surface area contributed by atoms with Crippen LogP contribution in [-0.2, 0) is 4.79 Å². The Kier molecular flexibility index (Phi) is 8.93. The van der Waals surface area contributed by atoms with Gasteiger partial charge in [-0.15, -0.1) is 0 Å². The average molecular weight is 206 g/mol. The monoisotopic (exact) mass is 206 g/mol. The van der Waals surface area contributed by atoms with E-state index in [0.29, 0.717) is 0 Å². The van der Waals surface area contributed by atoms with Crippen LogP contribution in [0.4, 0.5) is 0 Å². The van der Waals surface area contributed by atoms with Gasteiger partial charge in [0.05, 0.1) is 6.42 Å². The molecule has 1 heterocycles. The van der Waals surface area contributed by atoms with Crippen LogP contribution in [0.15, 0.2) is 12.2 Å². The lowest BCUT2D eigenvalue weighted by Gasteiger charge is -1.77. The minimum Gasteiger partial charge on any atom is -0.481 e. The lowest BCUT2D eigenvalue weighted by molar-refractivity contribution is -0.136. The number of carboxylic acid groups (broad SMARTS) is 1. The van der Waals surface area contributed by atoms with Crippen molar-refractivity contribution >= 4 is 27.6 Å². The smallest absolute Gasteiger partial charge is 0.307 e. The van der Waals surface area contributed by atoms with E-state index < -0.39 is 5.97 Å². The third kappa shape index (κ3) is 9.91. The molecule has 0 spiro atoms. The second-order valence-corrected chi connectivity index (χ2v) is 4.87. The van der Waals surface area contributed by atoms with E-state index >= 15 is 0 Å². The van der Waals surface area contributed by atoms with E-state index in [1.54, 1.807) is 19.1 Å². The number of carboxylic acids is 1. The van der Waals surface area contributed by atoms with E-state index in [-0.39, 0.29) is 6.42 Å². The molecule has 0 aromatic carbocycles. The summed E-state index contributed by atoms with van der Waals surface area (Å²) < 4.78 is 0. The maximum atomic E-state index is 9.71. The van der Waals surface area contributed by atoms with Crippen LogP contribution in [0.1, 0.15) is 19.8 Å². The Balaban J connectivity index is 0.000000211. The number of hydrogen-bond acceptors (Lipinski definition) is 3. The Bertz CT molecular complexity index is 134. The topological polar surface area (TPSA) is 37.3 Å². The summed E-state index contributed by atoms with van der Waals surface area (Å²) in [5.74, 6) is 1.98. The lowest BCUT2D eigenvalue weighted by atomic mass is 10.4. The predicted octanol–water partition coefficient (Wildman–Crippen LogP) is 2.81. The molecule has 0 atom stereocenters. The summed E-state index contributed by atoms with van der Waals surface area (Å²) in [7, 11) is 3.98. The first kappa shape index (κ1) is 11.9. The molecule has 1 fully saturated rings. The normalized spacial score (nSPS) is 15.8. The highest BCUT2D eigenvalue weighted by atomic mass is 33.1. The summed E-state index contributed by atoms with van der Waals surface area (Å²) in [6, 6.07) is 0. The maximum absolute atomic E-state index is 9.71. The van der Waals surface area contributed by atoms with Gasteiger partial charge in [0.25, 0.3) is 0 Å². The van der Waals surface area contributed by atoms with Crippen molar-refractivity contribution < 1.29 is 9.90 Å². The summed E-state index contributed by atoms with van der Waals surface area (Å²) in [6.45, 7) is 1.79. The number of allylic oxidation sites excluding steroid dienone is 1. The minimum absolute atomic E-state index is 0.135. The molecule has 1 rings (SSSR count). The summed E-state index contributed by atoms with van der Waals surface area (Å²) >= 11 is 0. The Morgan fingerprint density at radius 3 is 2.25 bits per heavy atom. The number of carbonyl (C=O) groups is 1. The van der Waals surface area contributed by atoms with Gasteiger partial charge in [-0.1, -0.05) is 33.7 Å². The first-order valence-electron chi connectivity index (χ1n) is 3.84. The highest BCUT2D eigenvalue weighted by molar-refractivity contribution is 8.77. The van der Waals surface area contributed by atoms with Crippen LogP contribution < -0.4 is 0 Å². The van der Waals surface area contributed by atoms with Crippen molar-refractivity contribution in [3.63, 3.8) is 0 Å². The molecule has 1 saturated heterocycles. The second kappa shape index (κ2) is 9.00. The zero-order chi connectivity index (χ0) is 9.23. The fourth-order valence-corrected chi connectivity index (χ4v) is 2.87. The Labute approximate surface area is 81.2 Å². The van der Waals surface area contributed by atoms with Crippen LogP contribution in [0.2, 0.25) is 0 Å². The molecule has 12 heavy (non-hydrogen) atoms. The van der Waals surface area contributed by atoms with Gasteiger partial charge in [0, 0.05) is 11.5 Å². The van der Waals surface area contributed by atoms with Gasteiger partial charge in [-0.25, -0.2) is 0 Å². The summed E-state index contributed by atoms with van der Waals surface area (Å²) in [5, 5.41) is 7.99. The molecule has 0 aromatic rings. The molecule has 70 valence electrons. The molecule has 4 heteroatoms. The largest absolute Gasteiger partial charge is 0.481 e. The van der Waals surface area contributed by atoms with Crippen molar-refractivity contribution in [1.29, 1.82) is 0 Å². The molecule has 0 bridgehead atoms. The summed E-state index contributed by atoms with van der Waals surface area (Å²) in [4.78, 5) is 9.71. The summed E-state index contributed by atoms with van der Waals surface area (Å²) in [5.41, 5.74) is 0. The van der Waals surface area contributed by atoms with E-state index in [4.69, 9.17) is 5.11 Å². The van der Waals surface area contributed by atoms with Crippen LogP contribution in [-0.4, -0.2) is 22.6 Å². The van der Waals surface area contributed by atoms with Crippen molar-refractivity contribution in [2.24, 2.45) is 0 Å². The molecule has 0 amide bonds. The van der Waals surface area contributed by atoms with Crippen LogP contribution in [0, 0.1) is 0 Å². The van der Waals surface area contributed by atoms with E-state index in [9.17, 15) is 4.79 Å². The van der Waals surface area contributed by atoms with Crippen molar-refractivity contribution in [3.05, 3.63) is 12.2 Å². The molecule has 2 nitrogen and oxygen atoms in total. The molecule has 1 N–H and O–H groups in total. The van der Waals surface area contributed by atoms with Crippen molar-refractivity contribution in [2.75, 3.05) is 11.5 Å². The fraction of sp³-hybridized carbons (Fsp3) is 0.625. The van der Waals surface area contributed by atoms with Crippen LogP contribution in [0.3, 0.4) is 0 Å². The second-order valence-electron chi connectivity index (χ2n) is 2.16. The fourth-order valence-electron chi connectivity index (χ4n) is 0.513. The molecule has 0 saturated carbocycles. The number of hydrogen-bond donors (Lipinski definition) is 1. The molecule has 0 radical (unpaired) electrons. The van der Waals surface area contributed by atoms with Crippen LogP contribution >= 0.6 is 21.6 Å². The van der Waals surface area contributed by atoms with Gasteiger partial charge in [-0.05, 0) is 13.3 Å². The molecular weight excluding hydrogens is 192 g/mol. The van der Waals surface area contributed by atoms with E-state index in [2.05, 4.69) is 0 Å². The van der Waals surface area contributed by atoms with E-state index in [1.165, 1.54) is 17.9 Å². The average Bonchev–Trinajstić information content (AvgIpc) is 2.57. The maximum Gasteiger partial charge on any atom is 0.307 e. The van der Waals surface area contributed by atoms with Crippen molar-refractivity contribution in [1.82, 2.24) is 0 Å². The Morgan fingerprint density at radius 2 is 2.08 bits per heavy atom. The molecule has 0 unspecified atom stereocenters. The third-order valence-corrected chi connectivity index (χ3v) is 3.64. The highest BCUT2D eigenvalue weighted by Crippen LogP contribution is 2.29. The van der Waals surface area contributed by atoms with Gasteiger partial charge < -0.3 is 5.11 Å². The minimum atomic E-state index is -0.780. The quantitative estimate of drug-likeness (QED) is 0.557. The third-order valence-electron chi connectivity index (χ3n) is 1.07. The number of aliphatic carboxylic acids is 1. The molecule has 0 aliphatic carbocycles. The molecule has 1 aliphatic rings. The first-order chi connectivity index (χ1) is 5.77. The van der Waals surface area contributed by atoms with Gasteiger partial charge in [-0.3, -0.25) is 4.79 Å². The Hall–Kier alpha value is -0.0900. The van der Waals surface area contributed by atoms with E-state index in [0.717, 1.165) is 0 Å². The van der Waals surface area contributed by atoms with Crippen molar-refractivity contribution in [2.45, 2.75) is 19.8 Å².